The molecular formula is C25H29ClN2O4. The first kappa shape index (κ1) is 17.8. The molecule has 0 radical (unpaired) electrons. The van der Waals surface area contributed by atoms with E-state index in [1.807, 2.05) is 18.2 Å². The Bertz CT molecular complexity index is 1210. The number of aliphatic carboxylic acids is 2. The van der Waals surface area contributed by atoms with Crippen LogP contribution in [-0.4, -0.2) is 52.2 Å². The summed E-state index contributed by atoms with van der Waals surface area (Å²) in [6.07, 6.45) is 1.80. The van der Waals surface area contributed by atoms with Crippen molar-refractivity contribution in [1.82, 2.24) is 10.2 Å². The molecule has 0 bridgehead atoms. The Labute approximate surface area is 200 Å². The maximum Gasteiger partial charge on any atom is 0.328 e. The van der Waals surface area contributed by atoms with Crippen LogP contribution in [0.4, 0.5) is 0 Å². The zero-order chi connectivity index (χ0) is 27.7. The normalized spacial score (nSPS) is 24.3. The van der Waals surface area contributed by atoms with Crippen molar-refractivity contribution in [2.75, 3.05) is 19.6 Å². The fourth-order valence-electron chi connectivity index (χ4n) is 4.27. The molecule has 1 aliphatic heterocycles. The first-order chi connectivity index (χ1) is 17.2. The summed E-state index contributed by atoms with van der Waals surface area (Å²) in [7, 11) is 0. The van der Waals surface area contributed by atoms with Crippen molar-refractivity contribution in [3.63, 3.8) is 0 Å². The highest BCUT2D eigenvalue weighted by atomic mass is 35.5. The summed E-state index contributed by atoms with van der Waals surface area (Å²) in [6.45, 7) is 7.02. The average Bonchev–Trinajstić information content (AvgIpc) is 3.18. The summed E-state index contributed by atoms with van der Waals surface area (Å²) >= 11 is 6.32. The Hall–Kier alpha value is -2.67. The van der Waals surface area contributed by atoms with Gasteiger partial charge in [-0.2, -0.15) is 0 Å². The number of fused-ring (bicyclic) bond motifs is 1. The molecule has 2 atom stereocenters. The molecule has 170 valence electrons. The van der Waals surface area contributed by atoms with E-state index >= 15 is 0 Å². The van der Waals surface area contributed by atoms with Crippen LogP contribution < -0.4 is 5.32 Å². The van der Waals surface area contributed by atoms with Crippen LogP contribution in [0.2, 0.25) is 5.02 Å². The average molecular weight is 462 g/mol. The van der Waals surface area contributed by atoms with Gasteiger partial charge >= 0.3 is 11.9 Å². The van der Waals surface area contributed by atoms with Gasteiger partial charge in [0.25, 0.3) is 0 Å². The van der Waals surface area contributed by atoms with Crippen LogP contribution in [-0.2, 0) is 9.59 Å². The largest absolute Gasteiger partial charge is 0.478 e. The lowest BCUT2D eigenvalue weighted by atomic mass is 9.93. The molecule has 0 saturated carbocycles. The van der Waals surface area contributed by atoms with Crippen LogP contribution in [0.15, 0.2) is 60.6 Å². The number of carbonyl (C=O) groups is 2. The van der Waals surface area contributed by atoms with Gasteiger partial charge in [0, 0.05) is 54.3 Å². The van der Waals surface area contributed by atoms with Gasteiger partial charge in [0.05, 0.1) is 6.85 Å². The minimum Gasteiger partial charge on any atom is -0.478 e. The van der Waals surface area contributed by atoms with Gasteiger partial charge in [-0.15, -0.1) is 0 Å². The lowest BCUT2D eigenvalue weighted by Gasteiger charge is -2.42. The first-order valence-corrected chi connectivity index (χ1v) is 10.6. The predicted molar refractivity (Wildman–Crippen MR) is 125 cm³/mol. The molecular weight excluding hydrogens is 428 g/mol. The van der Waals surface area contributed by atoms with Crippen LogP contribution >= 0.6 is 11.6 Å². The standard InChI is InChI=1S/C21H25ClN2.C4H4O4/c1-21(2)14-24(11-10-23-21)20-13-18(15-6-4-3-5-7-15)17-9-8-16(22)12-19(17)20;5-3(6)1-2-4(7)8/h3-9,12,18,20,23H,10-11,13-14H2,1-2H3;1-2H,(H,5,6)(H,7,8)/b;2-1-/t18-,20+;/m0./s1/i3D,4D,5D,6D,7D;. The maximum atomic E-state index is 9.55. The smallest absolute Gasteiger partial charge is 0.328 e. The third-order valence-corrected chi connectivity index (χ3v) is 5.76. The quantitative estimate of drug-likeness (QED) is 0.588. The molecule has 4 rings (SSSR count). The Kier molecular flexibility index (Phi) is 5.74. The molecule has 1 fully saturated rings. The highest BCUT2D eigenvalue weighted by molar-refractivity contribution is 6.30. The van der Waals surface area contributed by atoms with Crippen molar-refractivity contribution in [2.24, 2.45) is 0 Å². The van der Waals surface area contributed by atoms with E-state index in [2.05, 4.69) is 24.1 Å². The number of nitrogens with one attached hydrogen (secondary N) is 1. The maximum absolute atomic E-state index is 9.55. The molecule has 0 amide bonds. The third kappa shape index (κ3) is 6.19. The second-order valence-corrected chi connectivity index (χ2v) is 8.84. The highest BCUT2D eigenvalue weighted by Crippen LogP contribution is 2.47. The van der Waals surface area contributed by atoms with Gasteiger partial charge in [-0.05, 0) is 49.1 Å². The number of rotatable bonds is 4. The molecule has 0 unspecified atom stereocenters. The fraction of sp³-hybridized carbons (Fsp3) is 0.360. The molecule has 0 spiro atoms. The molecule has 2 aromatic rings. The van der Waals surface area contributed by atoms with E-state index < -0.39 is 11.9 Å². The van der Waals surface area contributed by atoms with Crippen LogP contribution in [0.5, 0.6) is 0 Å². The lowest BCUT2D eigenvalue weighted by molar-refractivity contribution is -0.134. The zero-order valence-corrected chi connectivity index (χ0v) is 18.7. The number of carboxylic acids is 2. The van der Waals surface area contributed by atoms with E-state index in [9.17, 15) is 9.59 Å². The summed E-state index contributed by atoms with van der Waals surface area (Å²) in [6, 6.07) is 4.75. The van der Waals surface area contributed by atoms with E-state index in [4.69, 9.17) is 28.7 Å². The van der Waals surface area contributed by atoms with Crippen molar-refractivity contribution in [3.05, 3.63) is 82.3 Å². The van der Waals surface area contributed by atoms with Gasteiger partial charge in [-0.3, -0.25) is 4.90 Å². The van der Waals surface area contributed by atoms with Gasteiger partial charge < -0.3 is 15.5 Å². The van der Waals surface area contributed by atoms with Crippen molar-refractivity contribution in [3.8, 4) is 0 Å². The van der Waals surface area contributed by atoms with E-state index in [0.29, 0.717) is 29.2 Å². The Balaban J connectivity index is 0.000000414. The molecule has 32 heavy (non-hydrogen) atoms. The molecule has 2 aromatic carbocycles. The summed E-state index contributed by atoms with van der Waals surface area (Å²) in [5.41, 5.74) is 2.49. The van der Waals surface area contributed by atoms with E-state index in [0.717, 1.165) is 30.8 Å². The monoisotopic (exact) mass is 461 g/mol. The SMILES string of the molecule is O=C(O)/C=C\C(=O)O.[2H]c1c([2H])c([2H])c([C@@H]2C[C@@H](N3CCNC(C)(C)C3)c3cc(Cl)ccc32)c([2H])c1[2H]. The molecule has 2 aliphatic rings. The number of nitrogens with zero attached hydrogens (tertiary/aromatic N) is 1. The minimum atomic E-state index is -1.26. The van der Waals surface area contributed by atoms with Gasteiger partial charge in [-0.25, -0.2) is 9.59 Å². The van der Waals surface area contributed by atoms with Crippen molar-refractivity contribution >= 4 is 23.5 Å². The second-order valence-electron chi connectivity index (χ2n) is 8.41. The lowest BCUT2D eigenvalue weighted by Crippen LogP contribution is -2.57. The van der Waals surface area contributed by atoms with E-state index in [-0.39, 0.29) is 47.7 Å². The van der Waals surface area contributed by atoms with Gasteiger partial charge in [0.1, 0.15) is 0 Å². The van der Waals surface area contributed by atoms with Crippen LogP contribution in [0.25, 0.3) is 0 Å². The molecule has 1 saturated heterocycles. The Morgan fingerprint density at radius 3 is 2.41 bits per heavy atom. The summed E-state index contributed by atoms with van der Waals surface area (Å²) < 4.78 is 40.9. The topological polar surface area (TPSA) is 89.9 Å². The van der Waals surface area contributed by atoms with Gasteiger partial charge in [0.2, 0.25) is 0 Å². The van der Waals surface area contributed by atoms with E-state index in [1.165, 1.54) is 0 Å². The Morgan fingerprint density at radius 1 is 1.16 bits per heavy atom. The molecule has 1 heterocycles. The molecule has 6 nitrogen and oxygen atoms in total. The molecule has 0 aromatic heterocycles. The molecule has 1 aliphatic carbocycles. The number of hydrogen-bond acceptors (Lipinski definition) is 4. The summed E-state index contributed by atoms with van der Waals surface area (Å²) in [5.74, 6) is -2.76. The van der Waals surface area contributed by atoms with Crippen molar-refractivity contribution < 1.29 is 26.7 Å². The van der Waals surface area contributed by atoms with Crippen LogP contribution in [0.3, 0.4) is 0 Å². The second kappa shape index (κ2) is 10.3. The predicted octanol–water partition coefficient (Wildman–Crippen LogP) is 4.31. The number of hydrogen-bond donors (Lipinski definition) is 3. The van der Waals surface area contributed by atoms with Gasteiger partial charge in [0.15, 0.2) is 0 Å². The third-order valence-electron chi connectivity index (χ3n) is 5.52. The van der Waals surface area contributed by atoms with Crippen molar-refractivity contribution in [1.29, 1.82) is 0 Å². The number of carboxylic acid groups (broad SMARTS) is 2. The van der Waals surface area contributed by atoms with Gasteiger partial charge in [-0.1, -0.05) is 47.9 Å². The summed E-state index contributed by atoms with van der Waals surface area (Å²) in [5, 5.41) is 19.8. The van der Waals surface area contributed by atoms with Crippen molar-refractivity contribution in [2.45, 2.75) is 37.8 Å². The number of benzene rings is 2. The molecule has 7 heteroatoms. The fourth-order valence-corrected chi connectivity index (χ4v) is 4.45. The van der Waals surface area contributed by atoms with Crippen LogP contribution in [0.1, 0.15) is 55.8 Å². The number of halogens is 1. The van der Waals surface area contributed by atoms with E-state index in [1.54, 1.807) is 0 Å². The zero-order valence-electron chi connectivity index (χ0n) is 22.9. The Morgan fingerprint density at radius 2 is 1.81 bits per heavy atom. The minimum absolute atomic E-state index is 0.00813. The summed E-state index contributed by atoms with van der Waals surface area (Å²) in [4.78, 5) is 21.5. The highest BCUT2D eigenvalue weighted by Gasteiger charge is 2.38. The molecule has 3 N–H and O–H groups in total. The van der Waals surface area contributed by atoms with Crippen LogP contribution in [0, 0.1) is 0 Å². The number of piperazine rings is 1. The first-order valence-electron chi connectivity index (χ1n) is 12.7.